The van der Waals surface area contributed by atoms with Crippen molar-refractivity contribution < 1.29 is 5.11 Å². The molecule has 0 saturated heterocycles. The summed E-state index contributed by atoms with van der Waals surface area (Å²) in [4.78, 5) is 12.2. The summed E-state index contributed by atoms with van der Waals surface area (Å²) in [6, 6.07) is 0. The molecule has 0 aromatic carbocycles. The molecule has 0 unspecified atom stereocenters. The average molecular weight is 319 g/mol. The van der Waals surface area contributed by atoms with Crippen molar-refractivity contribution in [3.63, 3.8) is 0 Å². The van der Waals surface area contributed by atoms with Crippen LogP contribution in [0.2, 0.25) is 0 Å². The number of nitrogens with one attached hydrogen (secondary N) is 1. The maximum absolute atomic E-state index is 9.13. The Kier molecular flexibility index (Phi) is 5.26. The van der Waals surface area contributed by atoms with Gasteiger partial charge < -0.3 is 10.4 Å². The van der Waals surface area contributed by atoms with Gasteiger partial charge in [-0.1, -0.05) is 19.8 Å². The van der Waals surface area contributed by atoms with E-state index in [-0.39, 0.29) is 6.61 Å². The Morgan fingerprint density at radius 1 is 1.18 bits per heavy atom. The average Bonchev–Trinajstić information content (AvgIpc) is 2.91. The van der Waals surface area contributed by atoms with Crippen LogP contribution in [0.4, 0.5) is 5.82 Å². The van der Waals surface area contributed by atoms with Gasteiger partial charge in [-0.2, -0.15) is 0 Å². The number of aliphatic hydroxyl groups excluding tert-OH is 1. The van der Waals surface area contributed by atoms with Crippen LogP contribution in [0.1, 0.15) is 55.3 Å². The van der Waals surface area contributed by atoms with E-state index in [0.717, 1.165) is 35.7 Å². The number of aromatic nitrogens is 2. The highest BCUT2D eigenvalue weighted by molar-refractivity contribution is 7.19. The zero-order valence-electron chi connectivity index (χ0n) is 13.3. The van der Waals surface area contributed by atoms with Crippen LogP contribution in [0.5, 0.6) is 0 Å². The molecule has 2 aromatic rings. The van der Waals surface area contributed by atoms with E-state index in [1.165, 1.54) is 47.9 Å². The van der Waals surface area contributed by atoms with Crippen LogP contribution in [-0.2, 0) is 19.3 Å². The lowest BCUT2D eigenvalue weighted by molar-refractivity contribution is 0.311. The van der Waals surface area contributed by atoms with Gasteiger partial charge in [-0.15, -0.1) is 11.3 Å². The molecule has 0 atom stereocenters. The summed E-state index contributed by atoms with van der Waals surface area (Å²) in [5.74, 6) is 1.88. The number of hydrogen-bond donors (Lipinski definition) is 2. The highest BCUT2D eigenvalue weighted by Gasteiger charge is 2.20. The molecule has 0 aliphatic heterocycles. The zero-order chi connectivity index (χ0) is 15.4. The van der Waals surface area contributed by atoms with Crippen LogP contribution >= 0.6 is 11.3 Å². The Labute approximate surface area is 136 Å². The summed E-state index contributed by atoms with van der Waals surface area (Å²) < 4.78 is 0. The van der Waals surface area contributed by atoms with Gasteiger partial charge >= 0.3 is 0 Å². The number of rotatable bonds is 7. The smallest absolute Gasteiger partial charge is 0.138 e. The predicted molar refractivity (Wildman–Crippen MR) is 92.9 cm³/mol. The first-order valence-corrected chi connectivity index (χ1v) is 9.31. The number of thiophene rings is 1. The molecular formula is C17H25N3OS. The van der Waals surface area contributed by atoms with E-state index < -0.39 is 0 Å². The quantitative estimate of drug-likeness (QED) is 0.764. The fraction of sp³-hybridized carbons (Fsp3) is 0.647. The van der Waals surface area contributed by atoms with Gasteiger partial charge in [0.1, 0.15) is 16.5 Å². The predicted octanol–water partition coefficient (Wildman–Crippen LogP) is 3.71. The zero-order valence-corrected chi connectivity index (χ0v) is 14.1. The first-order chi connectivity index (χ1) is 10.8. The third-order valence-corrected chi connectivity index (χ3v) is 5.45. The second-order valence-corrected chi connectivity index (χ2v) is 7.07. The van der Waals surface area contributed by atoms with Gasteiger partial charge in [-0.25, -0.2) is 9.97 Å². The number of unbranched alkanes of at least 4 members (excludes halogenated alkanes) is 2. The molecule has 4 nitrogen and oxygen atoms in total. The number of hydrogen-bond acceptors (Lipinski definition) is 5. The van der Waals surface area contributed by atoms with Crippen molar-refractivity contribution in [2.45, 2.75) is 58.3 Å². The Hall–Kier alpha value is -1.20. The van der Waals surface area contributed by atoms with E-state index in [4.69, 9.17) is 15.1 Å². The number of nitrogens with zero attached hydrogens (tertiary/aromatic N) is 2. The summed E-state index contributed by atoms with van der Waals surface area (Å²) >= 11 is 1.85. The first-order valence-electron chi connectivity index (χ1n) is 8.49. The second-order valence-electron chi connectivity index (χ2n) is 5.99. The SMILES string of the molecule is CCCCCc1nc(NCCO)c2c3c(sc2n1)CCCC3. The molecule has 0 spiro atoms. The lowest BCUT2D eigenvalue weighted by Crippen LogP contribution is -2.10. The van der Waals surface area contributed by atoms with Crippen LogP contribution in [0.3, 0.4) is 0 Å². The fourth-order valence-corrected chi connectivity index (χ4v) is 4.43. The van der Waals surface area contributed by atoms with Gasteiger partial charge in [0.2, 0.25) is 0 Å². The standard InChI is InChI=1S/C17H25N3OS/c1-2-3-4-9-14-19-16(18-10-11-21)15-12-7-5-6-8-13(12)22-17(15)20-14/h21H,2-11H2,1H3,(H,18,19,20). The van der Waals surface area contributed by atoms with Crippen molar-refractivity contribution >= 4 is 27.4 Å². The van der Waals surface area contributed by atoms with Crippen LogP contribution in [0, 0.1) is 0 Å². The maximum Gasteiger partial charge on any atom is 0.138 e. The van der Waals surface area contributed by atoms with Crippen molar-refractivity contribution in [1.29, 1.82) is 0 Å². The summed E-state index contributed by atoms with van der Waals surface area (Å²) in [7, 11) is 0. The molecule has 0 saturated carbocycles. The van der Waals surface area contributed by atoms with E-state index in [1.807, 2.05) is 11.3 Å². The largest absolute Gasteiger partial charge is 0.395 e. The molecule has 0 radical (unpaired) electrons. The van der Waals surface area contributed by atoms with E-state index in [0.29, 0.717) is 6.54 Å². The molecule has 0 fully saturated rings. The molecule has 1 aliphatic carbocycles. The third kappa shape index (κ3) is 3.25. The summed E-state index contributed by atoms with van der Waals surface area (Å²) in [5, 5.41) is 13.7. The number of aliphatic hydroxyl groups is 1. The molecule has 2 aromatic heterocycles. The molecule has 5 heteroatoms. The number of fused-ring (bicyclic) bond motifs is 3. The lowest BCUT2D eigenvalue weighted by atomic mass is 9.97. The monoisotopic (exact) mass is 319 g/mol. The van der Waals surface area contributed by atoms with Crippen molar-refractivity contribution in [3.05, 3.63) is 16.3 Å². The second kappa shape index (κ2) is 7.38. The minimum Gasteiger partial charge on any atom is -0.395 e. The molecule has 1 aliphatic rings. The van der Waals surface area contributed by atoms with Gasteiger partial charge in [0.15, 0.2) is 0 Å². The Bertz CT molecular complexity index is 638. The third-order valence-electron chi connectivity index (χ3n) is 4.27. The van der Waals surface area contributed by atoms with Gasteiger partial charge in [-0.05, 0) is 37.7 Å². The van der Waals surface area contributed by atoms with Crippen molar-refractivity contribution in [3.8, 4) is 0 Å². The molecular weight excluding hydrogens is 294 g/mol. The normalized spacial score (nSPS) is 14.3. The van der Waals surface area contributed by atoms with E-state index in [1.54, 1.807) is 0 Å². The van der Waals surface area contributed by atoms with Crippen LogP contribution in [0.15, 0.2) is 0 Å². The molecule has 0 amide bonds. The number of anilines is 1. The van der Waals surface area contributed by atoms with Gasteiger partial charge in [0, 0.05) is 17.8 Å². The minimum absolute atomic E-state index is 0.128. The highest BCUT2D eigenvalue weighted by atomic mass is 32.1. The Morgan fingerprint density at radius 2 is 2.05 bits per heavy atom. The van der Waals surface area contributed by atoms with Crippen LogP contribution < -0.4 is 5.32 Å². The first kappa shape index (κ1) is 15.7. The molecule has 0 bridgehead atoms. The van der Waals surface area contributed by atoms with Gasteiger partial charge in [0.25, 0.3) is 0 Å². The Balaban J connectivity index is 1.98. The van der Waals surface area contributed by atoms with Crippen molar-refractivity contribution in [1.82, 2.24) is 9.97 Å². The highest BCUT2D eigenvalue weighted by Crippen LogP contribution is 2.38. The fourth-order valence-electron chi connectivity index (χ4n) is 3.15. The lowest BCUT2D eigenvalue weighted by Gasteiger charge is -2.13. The molecule has 120 valence electrons. The molecule has 2 N–H and O–H groups in total. The summed E-state index contributed by atoms with van der Waals surface area (Å²) in [5.41, 5.74) is 1.45. The summed E-state index contributed by atoms with van der Waals surface area (Å²) in [6.45, 7) is 2.89. The van der Waals surface area contributed by atoms with E-state index in [9.17, 15) is 0 Å². The number of aryl methyl sites for hydroxylation is 3. The van der Waals surface area contributed by atoms with Crippen LogP contribution in [0.25, 0.3) is 10.2 Å². The molecule has 3 rings (SSSR count). The maximum atomic E-state index is 9.13. The minimum atomic E-state index is 0.128. The van der Waals surface area contributed by atoms with E-state index >= 15 is 0 Å². The molecule has 22 heavy (non-hydrogen) atoms. The van der Waals surface area contributed by atoms with Crippen molar-refractivity contribution in [2.24, 2.45) is 0 Å². The summed E-state index contributed by atoms with van der Waals surface area (Å²) in [6.07, 6.45) is 9.40. The van der Waals surface area contributed by atoms with Crippen molar-refractivity contribution in [2.75, 3.05) is 18.5 Å². The topological polar surface area (TPSA) is 58.0 Å². The molecule has 2 heterocycles. The van der Waals surface area contributed by atoms with Gasteiger partial charge in [-0.3, -0.25) is 0 Å². The van der Waals surface area contributed by atoms with Crippen LogP contribution in [-0.4, -0.2) is 28.2 Å². The van der Waals surface area contributed by atoms with E-state index in [2.05, 4.69) is 12.2 Å². The van der Waals surface area contributed by atoms with Gasteiger partial charge in [0.05, 0.1) is 12.0 Å². The Morgan fingerprint density at radius 3 is 2.86 bits per heavy atom.